The molecule has 0 bridgehead atoms. The van der Waals surface area contributed by atoms with E-state index in [4.69, 9.17) is 0 Å². The molecule has 1 aromatic carbocycles. The second-order valence-corrected chi connectivity index (χ2v) is 3.96. The number of nitrogens with zero attached hydrogens (tertiary/aromatic N) is 2. The number of aryl methyl sites for hydroxylation is 1. The lowest BCUT2D eigenvalue weighted by atomic mass is 10.1. The molecule has 1 amide bonds. The molecule has 1 aromatic rings. The van der Waals surface area contributed by atoms with Crippen LogP contribution >= 0.6 is 0 Å². The van der Waals surface area contributed by atoms with Gasteiger partial charge in [0.05, 0.1) is 17.0 Å². The summed E-state index contributed by atoms with van der Waals surface area (Å²) < 4.78 is 38.0. The molecule has 104 valence electrons. The van der Waals surface area contributed by atoms with Gasteiger partial charge in [0.1, 0.15) is 5.82 Å². The molecule has 5 nitrogen and oxygen atoms in total. The molecule has 0 aliphatic heterocycles. The maximum absolute atomic E-state index is 13.7. The van der Waals surface area contributed by atoms with Gasteiger partial charge >= 0.3 is 0 Å². The second-order valence-electron chi connectivity index (χ2n) is 3.96. The monoisotopic (exact) mass is 276 g/mol. The quantitative estimate of drug-likeness (QED) is 0.626. The lowest BCUT2D eigenvalue weighted by Gasteiger charge is -2.17. The van der Waals surface area contributed by atoms with Crippen molar-refractivity contribution in [2.24, 2.45) is 0 Å². The fourth-order valence-corrected chi connectivity index (χ4v) is 1.51. The highest BCUT2D eigenvalue weighted by molar-refractivity contribution is 5.95. The number of rotatable bonds is 4. The van der Waals surface area contributed by atoms with Crippen molar-refractivity contribution in [2.75, 3.05) is 13.6 Å². The van der Waals surface area contributed by atoms with Crippen LogP contribution in [-0.4, -0.2) is 35.7 Å². The molecule has 0 N–H and O–H groups in total. The summed E-state index contributed by atoms with van der Waals surface area (Å²) in [4.78, 5) is 22.2. The summed E-state index contributed by atoms with van der Waals surface area (Å²) in [5, 5.41) is 10.6. The van der Waals surface area contributed by atoms with Crippen LogP contribution in [0.15, 0.2) is 12.1 Å². The van der Waals surface area contributed by atoms with Crippen molar-refractivity contribution in [2.45, 2.75) is 13.3 Å². The van der Waals surface area contributed by atoms with Crippen LogP contribution in [0.2, 0.25) is 0 Å². The summed E-state index contributed by atoms with van der Waals surface area (Å²) >= 11 is 0. The number of nitro groups is 1. The van der Waals surface area contributed by atoms with E-state index in [0.29, 0.717) is 4.90 Å². The van der Waals surface area contributed by atoms with Crippen molar-refractivity contribution in [3.63, 3.8) is 0 Å². The van der Waals surface area contributed by atoms with Gasteiger partial charge in [0.25, 0.3) is 18.0 Å². The molecule has 0 atom stereocenters. The minimum atomic E-state index is -2.77. The van der Waals surface area contributed by atoms with Crippen LogP contribution < -0.4 is 0 Å². The largest absolute Gasteiger partial charge is 0.336 e. The number of carbonyl (C=O) groups is 1. The van der Waals surface area contributed by atoms with Crippen molar-refractivity contribution in [3.8, 4) is 0 Å². The number of halogens is 3. The summed E-state index contributed by atoms with van der Waals surface area (Å²) in [5.41, 5.74) is -1.15. The van der Waals surface area contributed by atoms with Gasteiger partial charge in [0.15, 0.2) is 0 Å². The fraction of sp³-hybridized carbons (Fsp3) is 0.364. The third-order valence-corrected chi connectivity index (χ3v) is 2.44. The molecule has 0 aromatic heterocycles. The van der Waals surface area contributed by atoms with E-state index < -0.39 is 40.9 Å². The molecule has 0 radical (unpaired) electrons. The van der Waals surface area contributed by atoms with Gasteiger partial charge in [-0.25, -0.2) is 13.2 Å². The lowest BCUT2D eigenvalue weighted by Crippen LogP contribution is -2.32. The lowest BCUT2D eigenvalue weighted by molar-refractivity contribution is -0.385. The van der Waals surface area contributed by atoms with Gasteiger partial charge in [0, 0.05) is 19.2 Å². The van der Waals surface area contributed by atoms with Gasteiger partial charge in [-0.2, -0.15) is 0 Å². The highest BCUT2D eigenvalue weighted by atomic mass is 19.3. The average molecular weight is 276 g/mol. The second kappa shape index (κ2) is 5.68. The molecule has 19 heavy (non-hydrogen) atoms. The molecule has 0 saturated heterocycles. The Bertz CT molecular complexity index is 520. The Kier molecular flexibility index (Phi) is 4.47. The topological polar surface area (TPSA) is 63.5 Å². The molecule has 0 fully saturated rings. The van der Waals surface area contributed by atoms with E-state index in [1.807, 2.05) is 0 Å². The molecule has 0 saturated carbocycles. The molecule has 0 aliphatic carbocycles. The van der Waals surface area contributed by atoms with Crippen molar-refractivity contribution >= 4 is 11.6 Å². The summed E-state index contributed by atoms with van der Waals surface area (Å²) in [7, 11) is 1.07. The Morgan fingerprint density at radius 2 is 2.05 bits per heavy atom. The number of hydrogen-bond donors (Lipinski definition) is 0. The number of non-ortho nitro benzene ring substituents is 1. The van der Waals surface area contributed by atoms with E-state index in [2.05, 4.69) is 0 Å². The van der Waals surface area contributed by atoms with E-state index in [9.17, 15) is 28.1 Å². The SMILES string of the molecule is Cc1cc([N+](=O)[O-])cc(C(=O)N(C)CC(F)F)c1F. The minimum absolute atomic E-state index is 0.0944. The first-order chi connectivity index (χ1) is 8.73. The standard InChI is InChI=1S/C11H11F3N2O3/c1-6-3-7(16(18)19)4-8(10(6)14)11(17)15(2)5-9(12)13/h3-4,9H,5H2,1-2H3. The van der Waals surface area contributed by atoms with Gasteiger partial charge in [-0.15, -0.1) is 0 Å². The molecule has 1 rings (SSSR count). The zero-order valence-corrected chi connectivity index (χ0v) is 10.2. The van der Waals surface area contributed by atoms with Crippen LogP contribution in [0.5, 0.6) is 0 Å². The Morgan fingerprint density at radius 1 is 1.47 bits per heavy atom. The predicted octanol–water partition coefficient (Wildman–Crippen LogP) is 2.38. The van der Waals surface area contributed by atoms with Gasteiger partial charge in [0.2, 0.25) is 0 Å². The zero-order chi connectivity index (χ0) is 14.7. The molecule has 0 heterocycles. The fourth-order valence-electron chi connectivity index (χ4n) is 1.51. The van der Waals surface area contributed by atoms with Gasteiger partial charge in [-0.05, 0) is 12.5 Å². The van der Waals surface area contributed by atoms with Gasteiger partial charge < -0.3 is 4.90 Å². The van der Waals surface area contributed by atoms with Crippen molar-refractivity contribution < 1.29 is 22.9 Å². The van der Waals surface area contributed by atoms with Crippen LogP contribution in [-0.2, 0) is 0 Å². The molecular formula is C11H11F3N2O3. The van der Waals surface area contributed by atoms with E-state index >= 15 is 0 Å². The normalized spacial score (nSPS) is 10.6. The Morgan fingerprint density at radius 3 is 2.53 bits per heavy atom. The summed E-state index contributed by atoms with van der Waals surface area (Å²) in [6, 6.07) is 1.71. The number of alkyl halides is 2. The Labute approximate surface area is 106 Å². The number of hydrogen-bond acceptors (Lipinski definition) is 3. The number of nitro benzene ring substituents is 1. The van der Waals surface area contributed by atoms with Crippen molar-refractivity contribution in [3.05, 3.63) is 39.2 Å². The van der Waals surface area contributed by atoms with Crippen molar-refractivity contribution in [1.29, 1.82) is 0 Å². The highest BCUT2D eigenvalue weighted by Gasteiger charge is 2.23. The number of benzene rings is 1. The van der Waals surface area contributed by atoms with Crippen LogP contribution in [0.3, 0.4) is 0 Å². The smallest absolute Gasteiger partial charge is 0.270 e. The summed E-state index contributed by atoms with van der Waals surface area (Å²) in [6.45, 7) is 0.381. The maximum atomic E-state index is 13.7. The average Bonchev–Trinajstić information content (AvgIpc) is 2.30. The Hall–Kier alpha value is -2.12. The van der Waals surface area contributed by atoms with E-state index in [-0.39, 0.29) is 5.56 Å². The molecule has 8 heteroatoms. The van der Waals surface area contributed by atoms with E-state index in [1.54, 1.807) is 0 Å². The first-order valence-electron chi connectivity index (χ1n) is 5.22. The number of carbonyl (C=O) groups excluding carboxylic acids is 1. The first-order valence-corrected chi connectivity index (χ1v) is 5.22. The minimum Gasteiger partial charge on any atom is -0.336 e. The maximum Gasteiger partial charge on any atom is 0.270 e. The van der Waals surface area contributed by atoms with Crippen LogP contribution in [0, 0.1) is 22.9 Å². The molecular weight excluding hydrogens is 265 g/mol. The van der Waals surface area contributed by atoms with Crippen LogP contribution in [0.25, 0.3) is 0 Å². The highest BCUT2D eigenvalue weighted by Crippen LogP contribution is 2.22. The number of amides is 1. The van der Waals surface area contributed by atoms with Crippen LogP contribution in [0.1, 0.15) is 15.9 Å². The third-order valence-electron chi connectivity index (χ3n) is 2.44. The molecule has 0 spiro atoms. The van der Waals surface area contributed by atoms with Gasteiger partial charge in [-0.3, -0.25) is 14.9 Å². The Balaban J connectivity index is 3.18. The third kappa shape index (κ3) is 3.43. The summed E-state index contributed by atoms with van der Waals surface area (Å²) in [5.74, 6) is -1.97. The zero-order valence-electron chi connectivity index (χ0n) is 10.2. The van der Waals surface area contributed by atoms with E-state index in [0.717, 1.165) is 19.2 Å². The van der Waals surface area contributed by atoms with Crippen molar-refractivity contribution in [1.82, 2.24) is 4.90 Å². The van der Waals surface area contributed by atoms with Gasteiger partial charge in [-0.1, -0.05) is 0 Å². The summed E-state index contributed by atoms with van der Waals surface area (Å²) in [6.07, 6.45) is -2.77. The molecule has 0 unspecified atom stereocenters. The van der Waals surface area contributed by atoms with Crippen LogP contribution in [0.4, 0.5) is 18.9 Å². The molecule has 0 aliphatic rings. The predicted molar refractivity (Wildman–Crippen MR) is 60.8 cm³/mol. The first kappa shape index (κ1) is 14.9. The van der Waals surface area contributed by atoms with E-state index in [1.165, 1.54) is 6.92 Å².